The van der Waals surface area contributed by atoms with Crippen molar-refractivity contribution in [3.05, 3.63) is 60.7 Å². The van der Waals surface area contributed by atoms with Gasteiger partial charge in [-0.15, -0.1) is 6.58 Å². The summed E-state index contributed by atoms with van der Waals surface area (Å²) in [5.41, 5.74) is 1.01. The van der Waals surface area contributed by atoms with E-state index >= 15 is 0 Å². The quantitative estimate of drug-likeness (QED) is 0.287. The van der Waals surface area contributed by atoms with Crippen molar-refractivity contribution in [2.45, 2.75) is 70.6 Å². The minimum Gasteiger partial charge on any atom is -0.508 e. The number of allylic oxidation sites excluding steroid dienone is 5. The highest BCUT2D eigenvalue weighted by atomic mass is 16.3. The molecule has 0 amide bonds. The molecule has 0 heterocycles. The Kier molecular flexibility index (Phi) is 12.1. The van der Waals surface area contributed by atoms with Crippen LogP contribution in [0.4, 0.5) is 0 Å². The van der Waals surface area contributed by atoms with E-state index in [0.29, 0.717) is 0 Å². The summed E-state index contributed by atoms with van der Waals surface area (Å²) >= 11 is 0. The van der Waals surface area contributed by atoms with E-state index in [1.807, 2.05) is 6.08 Å². The Balaban J connectivity index is 1.93. The van der Waals surface area contributed by atoms with E-state index in [0.717, 1.165) is 37.7 Å². The second kappa shape index (κ2) is 14.4. The van der Waals surface area contributed by atoms with E-state index in [9.17, 15) is 10.2 Å². The summed E-state index contributed by atoms with van der Waals surface area (Å²) < 4.78 is 0. The molecule has 0 unspecified atom stereocenters. The standard InChI is InChI=1S/C23H34O2/c1-2-3-4-5-6-7-8-9-10-11-12-13-14-15-16-17-21-18-22(24)20-23(25)19-21/h2,6-7,9-10,18-20,24-25H,1,3-5,8,11-17H2/b7-6-,10-9-. The van der Waals surface area contributed by atoms with Crippen LogP contribution in [0, 0.1) is 0 Å². The summed E-state index contributed by atoms with van der Waals surface area (Å²) in [6, 6.07) is 4.84. The number of hydrogen-bond donors (Lipinski definition) is 2. The Morgan fingerprint density at radius 2 is 1.28 bits per heavy atom. The van der Waals surface area contributed by atoms with Crippen LogP contribution in [0.1, 0.15) is 69.8 Å². The van der Waals surface area contributed by atoms with Gasteiger partial charge in [0.05, 0.1) is 0 Å². The Labute approximate surface area is 153 Å². The second-order valence-corrected chi connectivity index (χ2v) is 6.56. The minimum absolute atomic E-state index is 0.147. The Bertz CT molecular complexity index is 509. The first-order valence-corrected chi connectivity index (χ1v) is 9.65. The van der Waals surface area contributed by atoms with Gasteiger partial charge in [0, 0.05) is 6.07 Å². The Morgan fingerprint density at radius 1 is 0.680 bits per heavy atom. The van der Waals surface area contributed by atoms with Crippen molar-refractivity contribution in [1.29, 1.82) is 0 Å². The molecule has 25 heavy (non-hydrogen) atoms. The SMILES string of the molecule is C=CCCC/C=C\C/C=C\CCCCCCCc1cc(O)cc(O)c1. The van der Waals surface area contributed by atoms with E-state index < -0.39 is 0 Å². The largest absolute Gasteiger partial charge is 0.508 e. The molecule has 0 spiro atoms. The van der Waals surface area contributed by atoms with Crippen LogP contribution in [0.3, 0.4) is 0 Å². The monoisotopic (exact) mass is 342 g/mol. The van der Waals surface area contributed by atoms with Gasteiger partial charge in [-0.25, -0.2) is 0 Å². The average molecular weight is 343 g/mol. The number of aryl methyl sites for hydroxylation is 1. The van der Waals surface area contributed by atoms with Crippen molar-refractivity contribution < 1.29 is 10.2 Å². The molecule has 0 aliphatic heterocycles. The smallest absolute Gasteiger partial charge is 0.119 e. The summed E-state index contributed by atoms with van der Waals surface area (Å²) in [5, 5.41) is 18.9. The van der Waals surface area contributed by atoms with E-state index in [4.69, 9.17) is 0 Å². The maximum absolute atomic E-state index is 9.45. The zero-order valence-corrected chi connectivity index (χ0v) is 15.5. The number of aromatic hydroxyl groups is 2. The van der Waals surface area contributed by atoms with Crippen molar-refractivity contribution >= 4 is 0 Å². The van der Waals surface area contributed by atoms with Gasteiger partial charge in [-0.1, -0.05) is 49.6 Å². The van der Waals surface area contributed by atoms with Crippen molar-refractivity contribution in [3.8, 4) is 11.5 Å². The molecule has 1 aromatic carbocycles. The number of unbranched alkanes of at least 4 members (excludes halogenated alkanes) is 7. The van der Waals surface area contributed by atoms with Gasteiger partial charge in [-0.05, 0) is 69.1 Å². The predicted octanol–water partition coefficient (Wildman–Crippen LogP) is 6.84. The molecule has 2 N–H and O–H groups in total. The average Bonchev–Trinajstić information content (AvgIpc) is 2.57. The third-order valence-electron chi connectivity index (χ3n) is 4.18. The van der Waals surface area contributed by atoms with Crippen molar-refractivity contribution in [2.24, 2.45) is 0 Å². The normalized spacial score (nSPS) is 11.5. The lowest BCUT2D eigenvalue weighted by Crippen LogP contribution is -1.86. The highest BCUT2D eigenvalue weighted by Crippen LogP contribution is 2.22. The van der Waals surface area contributed by atoms with E-state index in [2.05, 4.69) is 30.9 Å². The summed E-state index contributed by atoms with van der Waals surface area (Å²) in [6.45, 7) is 3.73. The summed E-state index contributed by atoms with van der Waals surface area (Å²) in [4.78, 5) is 0. The molecule has 0 fully saturated rings. The maximum atomic E-state index is 9.45. The first-order valence-electron chi connectivity index (χ1n) is 9.65. The van der Waals surface area contributed by atoms with E-state index in [-0.39, 0.29) is 11.5 Å². The van der Waals surface area contributed by atoms with Gasteiger partial charge < -0.3 is 10.2 Å². The van der Waals surface area contributed by atoms with Crippen LogP contribution in [0.25, 0.3) is 0 Å². The molecule has 2 heteroatoms. The Hall–Kier alpha value is -1.96. The molecule has 0 bridgehead atoms. The van der Waals surface area contributed by atoms with Crippen LogP contribution in [0.5, 0.6) is 11.5 Å². The summed E-state index contributed by atoms with van der Waals surface area (Å²) in [6.07, 6.45) is 23.7. The molecule has 0 saturated heterocycles. The van der Waals surface area contributed by atoms with Gasteiger partial charge in [-0.3, -0.25) is 0 Å². The lowest BCUT2D eigenvalue weighted by Gasteiger charge is -2.04. The van der Waals surface area contributed by atoms with Gasteiger partial charge in [-0.2, -0.15) is 0 Å². The molecule has 0 radical (unpaired) electrons. The van der Waals surface area contributed by atoms with Crippen LogP contribution in [0.2, 0.25) is 0 Å². The summed E-state index contributed by atoms with van der Waals surface area (Å²) in [7, 11) is 0. The van der Waals surface area contributed by atoms with Gasteiger partial charge in [0.15, 0.2) is 0 Å². The lowest BCUT2D eigenvalue weighted by molar-refractivity contribution is 0.449. The highest BCUT2D eigenvalue weighted by molar-refractivity contribution is 5.36. The Morgan fingerprint density at radius 3 is 1.96 bits per heavy atom. The van der Waals surface area contributed by atoms with Gasteiger partial charge in [0.25, 0.3) is 0 Å². The second-order valence-electron chi connectivity index (χ2n) is 6.56. The minimum atomic E-state index is 0.147. The number of hydrogen-bond acceptors (Lipinski definition) is 2. The number of benzene rings is 1. The maximum Gasteiger partial charge on any atom is 0.119 e. The van der Waals surface area contributed by atoms with E-state index in [1.165, 1.54) is 44.6 Å². The molecule has 0 aliphatic carbocycles. The zero-order valence-electron chi connectivity index (χ0n) is 15.5. The summed E-state index contributed by atoms with van der Waals surface area (Å²) in [5.74, 6) is 0.293. The number of rotatable bonds is 14. The molecule has 0 saturated carbocycles. The fourth-order valence-electron chi connectivity index (χ4n) is 2.81. The van der Waals surface area contributed by atoms with Crippen LogP contribution in [0.15, 0.2) is 55.2 Å². The molecule has 1 rings (SSSR count). The molecule has 0 aliphatic rings. The lowest BCUT2D eigenvalue weighted by atomic mass is 10.0. The molecule has 138 valence electrons. The fourth-order valence-corrected chi connectivity index (χ4v) is 2.81. The molecule has 1 aromatic rings. The number of phenolic OH excluding ortho intramolecular Hbond substituents is 2. The first-order chi connectivity index (χ1) is 12.2. The zero-order chi connectivity index (χ0) is 18.2. The molecular weight excluding hydrogens is 308 g/mol. The van der Waals surface area contributed by atoms with Crippen LogP contribution >= 0.6 is 0 Å². The highest BCUT2D eigenvalue weighted by Gasteiger charge is 1.99. The van der Waals surface area contributed by atoms with Gasteiger partial charge >= 0.3 is 0 Å². The first kappa shape index (κ1) is 21.1. The van der Waals surface area contributed by atoms with Crippen molar-refractivity contribution in [2.75, 3.05) is 0 Å². The van der Waals surface area contributed by atoms with Gasteiger partial charge in [0.2, 0.25) is 0 Å². The third kappa shape index (κ3) is 12.1. The molecule has 0 aromatic heterocycles. The topological polar surface area (TPSA) is 40.5 Å². The number of phenols is 2. The van der Waals surface area contributed by atoms with Gasteiger partial charge in [0.1, 0.15) is 11.5 Å². The molecule has 0 atom stereocenters. The molecule has 2 nitrogen and oxygen atoms in total. The van der Waals surface area contributed by atoms with Crippen molar-refractivity contribution in [1.82, 2.24) is 0 Å². The molecular formula is C23H34O2. The fraction of sp³-hybridized carbons (Fsp3) is 0.478. The van der Waals surface area contributed by atoms with E-state index in [1.54, 1.807) is 12.1 Å². The van der Waals surface area contributed by atoms with Crippen LogP contribution < -0.4 is 0 Å². The predicted molar refractivity (Wildman–Crippen MR) is 108 cm³/mol. The van der Waals surface area contributed by atoms with Crippen LogP contribution in [-0.4, -0.2) is 10.2 Å². The van der Waals surface area contributed by atoms with Crippen LogP contribution in [-0.2, 0) is 6.42 Å². The third-order valence-corrected chi connectivity index (χ3v) is 4.18. The van der Waals surface area contributed by atoms with Crippen molar-refractivity contribution in [3.63, 3.8) is 0 Å².